The van der Waals surface area contributed by atoms with E-state index in [1.54, 1.807) is 42.5 Å². The smallest absolute Gasteiger partial charge is 0.271 e. The van der Waals surface area contributed by atoms with Crippen LogP contribution in [-0.4, -0.2) is 41.7 Å². The molecule has 2 aromatic carbocycles. The number of halogens is 1. The van der Waals surface area contributed by atoms with Gasteiger partial charge in [-0.2, -0.15) is 9.78 Å². The standard InChI is InChI=1S/C21H18ClN3O4S2/c22-15-3-7-18(8-4-15)30-19-9-10-20(26)25(24-19)17-5-1-14(2-6-17)21(27)23-16-11-12-31(28,29)13-16/h1-10,16H,11-13H2,(H,23,27)/t16-/m1/s1. The van der Waals surface area contributed by atoms with E-state index < -0.39 is 9.84 Å². The Balaban J connectivity index is 1.50. The summed E-state index contributed by atoms with van der Waals surface area (Å²) in [6, 6.07) is 16.4. The van der Waals surface area contributed by atoms with E-state index in [1.807, 2.05) is 12.1 Å². The van der Waals surface area contributed by atoms with E-state index in [1.165, 1.54) is 22.5 Å². The summed E-state index contributed by atoms with van der Waals surface area (Å²) in [5, 5.41) is 8.42. The molecule has 7 nitrogen and oxygen atoms in total. The summed E-state index contributed by atoms with van der Waals surface area (Å²) < 4.78 is 24.4. The molecule has 1 amide bonds. The summed E-state index contributed by atoms with van der Waals surface area (Å²) in [5.74, 6) is -0.287. The predicted octanol–water partition coefficient (Wildman–Crippen LogP) is 2.95. The normalized spacial score (nSPS) is 17.4. The first kappa shape index (κ1) is 21.6. The molecule has 0 saturated carbocycles. The molecular formula is C21H18ClN3O4S2. The molecule has 0 bridgehead atoms. The topological polar surface area (TPSA) is 98.1 Å². The van der Waals surface area contributed by atoms with Gasteiger partial charge in [0.25, 0.3) is 11.5 Å². The van der Waals surface area contributed by atoms with Crippen LogP contribution in [0.25, 0.3) is 5.69 Å². The maximum atomic E-state index is 12.4. The van der Waals surface area contributed by atoms with Crippen molar-refractivity contribution in [3.63, 3.8) is 0 Å². The SMILES string of the molecule is O=C(N[C@@H]1CCS(=O)(=O)C1)c1ccc(-n2nc(Sc3ccc(Cl)cc3)ccc2=O)cc1. The van der Waals surface area contributed by atoms with Crippen molar-refractivity contribution in [3.05, 3.63) is 81.6 Å². The minimum absolute atomic E-state index is 0.0335. The van der Waals surface area contributed by atoms with Crippen LogP contribution in [0.1, 0.15) is 16.8 Å². The molecule has 0 aliphatic carbocycles. The van der Waals surface area contributed by atoms with E-state index in [0.29, 0.717) is 27.7 Å². The quantitative estimate of drug-likeness (QED) is 0.609. The number of hydrogen-bond acceptors (Lipinski definition) is 6. The lowest BCUT2D eigenvalue weighted by Crippen LogP contribution is -2.35. The monoisotopic (exact) mass is 475 g/mol. The molecule has 4 rings (SSSR count). The number of rotatable bonds is 5. The zero-order valence-electron chi connectivity index (χ0n) is 16.2. The number of nitrogens with one attached hydrogen (secondary N) is 1. The van der Waals surface area contributed by atoms with Crippen molar-refractivity contribution in [2.24, 2.45) is 0 Å². The first-order valence-electron chi connectivity index (χ1n) is 9.45. The summed E-state index contributed by atoms with van der Waals surface area (Å²) >= 11 is 7.31. The highest BCUT2D eigenvalue weighted by Crippen LogP contribution is 2.26. The first-order chi connectivity index (χ1) is 14.8. The average molecular weight is 476 g/mol. The molecule has 1 aromatic heterocycles. The molecule has 160 valence electrons. The highest BCUT2D eigenvalue weighted by atomic mass is 35.5. The summed E-state index contributed by atoms with van der Waals surface area (Å²) in [6.07, 6.45) is 0.420. The number of hydrogen-bond donors (Lipinski definition) is 1. The molecular weight excluding hydrogens is 458 g/mol. The van der Waals surface area contributed by atoms with Crippen molar-refractivity contribution in [3.8, 4) is 5.69 Å². The Morgan fingerprint density at radius 3 is 2.42 bits per heavy atom. The molecule has 0 radical (unpaired) electrons. The summed E-state index contributed by atoms with van der Waals surface area (Å²) in [7, 11) is -3.07. The number of aromatic nitrogens is 2. The highest BCUT2D eigenvalue weighted by molar-refractivity contribution is 7.99. The van der Waals surface area contributed by atoms with Crippen LogP contribution in [0, 0.1) is 0 Å². The van der Waals surface area contributed by atoms with E-state index in [9.17, 15) is 18.0 Å². The Morgan fingerprint density at radius 1 is 1.06 bits per heavy atom. The Morgan fingerprint density at radius 2 is 1.77 bits per heavy atom. The highest BCUT2D eigenvalue weighted by Gasteiger charge is 2.29. The van der Waals surface area contributed by atoms with Crippen molar-refractivity contribution in [1.82, 2.24) is 15.1 Å². The molecule has 10 heteroatoms. The van der Waals surface area contributed by atoms with Crippen LogP contribution in [0.5, 0.6) is 0 Å². The Hall–Kier alpha value is -2.62. The minimum Gasteiger partial charge on any atom is -0.348 e. The minimum atomic E-state index is -3.07. The lowest BCUT2D eigenvalue weighted by molar-refractivity contribution is 0.0941. The van der Waals surface area contributed by atoms with E-state index in [0.717, 1.165) is 4.90 Å². The summed E-state index contributed by atoms with van der Waals surface area (Å²) in [4.78, 5) is 25.7. The lowest BCUT2D eigenvalue weighted by atomic mass is 10.1. The maximum Gasteiger partial charge on any atom is 0.271 e. The summed E-state index contributed by atoms with van der Waals surface area (Å²) in [5.41, 5.74) is 0.602. The van der Waals surface area contributed by atoms with Crippen LogP contribution in [-0.2, 0) is 9.84 Å². The zero-order chi connectivity index (χ0) is 22.0. The predicted molar refractivity (Wildman–Crippen MR) is 120 cm³/mol. The van der Waals surface area contributed by atoms with Crippen LogP contribution in [0.2, 0.25) is 5.02 Å². The van der Waals surface area contributed by atoms with Gasteiger partial charge in [0.05, 0.1) is 17.2 Å². The second kappa shape index (κ2) is 8.86. The zero-order valence-corrected chi connectivity index (χ0v) is 18.6. The fraction of sp³-hybridized carbons (Fsp3) is 0.190. The van der Waals surface area contributed by atoms with Gasteiger partial charge in [0, 0.05) is 27.6 Å². The van der Waals surface area contributed by atoms with Crippen LogP contribution < -0.4 is 10.9 Å². The second-order valence-corrected chi connectivity index (χ2v) is 10.9. The number of carbonyl (C=O) groups is 1. The number of sulfone groups is 1. The second-order valence-electron chi connectivity index (χ2n) is 7.10. The molecule has 1 fully saturated rings. The molecule has 31 heavy (non-hydrogen) atoms. The van der Waals surface area contributed by atoms with Crippen molar-refractivity contribution < 1.29 is 13.2 Å². The third kappa shape index (κ3) is 5.36. The van der Waals surface area contributed by atoms with E-state index >= 15 is 0 Å². The lowest BCUT2D eigenvalue weighted by Gasteiger charge is -2.11. The molecule has 0 unspecified atom stereocenters. The third-order valence-electron chi connectivity index (χ3n) is 4.75. The van der Waals surface area contributed by atoms with Crippen molar-refractivity contribution in [2.75, 3.05) is 11.5 Å². The van der Waals surface area contributed by atoms with E-state index in [-0.39, 0.29) is 29.0 Å². The van der Waals surface area contributed by atoms with Gasteiger partial charge in [-0.25, -0.2) is 8.42 Å². The van der Waals surface area contributed by atoms with Gasteiger partial charge in [-0.05, 0) is 61.0 Å². The van der Waals surface area contributed by atoms with Crippen molar-refractivity contribution in [2.45, 2.75) is 22.4 Å². The summed E-state index contributed by atoms with van der Waals surface area (Å²) in [6.45, 7) is 0. The van der Waals surface area contributed by atoms with Crippen LogP contribution in [0.4, 0.5) is 0 Å². The molecule has 1 aliphatic heterocycles. The maximum absolute atomic E-state index is 12.4. The van der Waals surface area contributed by atoms with Gasteiger partial charge in [0.1, 0.15) is 5.03 Å². The van der Waals surface area contributed by atoms with E-state index in [4.69, 9.17) is 11.6 Å². The van der Waals surface area contributed by atoms with Gasteiger partial charge in [-0.3, -0.25) is 9.59 Å². The molecule has 1 saturated heterocycles. The van der Waals surface area contributed by atoms with Crippen LogP contribution >= 0.6 is 23.4 Å². The Bertz CT molecular complexity index is 1270. The average Bonchev–Trinajstić information content (AvgIpc) is 3.09. The van der Waals surface area contributed by atoms with Gasteiger partial charge in [-0.1, -0.05) is 23.4 Å². The molecule has 1 aliphatic rings. The third-order valence-corrected chi connectivity index (χ3v) is 7.71. The Labute approximate surface area is 188 Å². The van der Waals surface area contributed by atoms with Gasteiger partial charge >= 0.3 is 0 Å². The fourth-order valence-electron chi connectivity index (χ4n) is 3.19. The number of amides is 1. The fourth-order valence-corrected chi connectivity index (χ4v) is 5.76. The molecule has 0 spiro atoms. The number of nitrogens with zero attached hydrogens (tertiary/aromatic N) is 2. The molecule has 1 N–H and O–H groups in total. The number of carbonyl (C=O) groups excluding carboxylic acids is 1. The van der Waals surface area contributed by atoms with E-state index in [2.05, 4.69) is 10.4 Å². The van der Waals surface area contributed by atoms with Crippen molar-refractivity contribution in [1.29, 1.82) is 0 Å². The largest absolute Gasteiger partial charge is 0.348 e. The van der Waals surface area contributed by atoms with Gasteiger partial charge < -0.3 is 5.32 Å². The Kier molecular flexibility index (Phi) is 6.17. The van der Waals surface area contributed by atoms with Gasteiger partial charge in [-0.15, -0.1) is 0 Å². The van der Waals surface area contributed by atoms with Crippen LogP contribution in [0.15, 0.2) is 75.4 Å². The molecule has 3 aromatic rings. The van der Waals surface area contributed by atoms with Crippen molar-refractivity contribution >= 4 is 39.1 Å². The van der Waals surface area contributed by atoms with Gasteiger partial charge in [0.2, 0.25) is 0 Å². The van der Waals surface area contributed by atoms with Gasteiger partial charge in [0.15, 0.2) is 9.84 Å². The first-order valence-corrected chi connectivity index (χ1v) is 12.5. The van der Waals surface area contributed by atoms with Crippen LogP contribution in [0.3, 0.4) is 0 Å². The number of benzene rings is 2. The molecule has 1 atom stereocenters. The molecule has 2 heterocycles.